The van der Waals surface area contributed by atoms with Gasteiger partial charge in [-0.25, -0.2) is 4.79 Å². The number of ether oxygens (including phenoxy) is 1. The van der Waals surface area contributed by atoms with Crippen molar-refractivity contribution in [3.8, 4) is 0 Å². The quantitative estimate of drug-likeness (QED) is 0.361. The molecule has 0 fully saturated rings. The van der Waals surface area contributed by atoms with E-state index < -0.39 is 11.6 Å². The van der Waals surface area contributed by atoms with Crippen LogP contribution in [0.25, 0.3) is 11.1 Å². The minimum Gasteiger partial charge on any atom is -0.457 e. The first-order valence-corrected chi connectivity index (χ1v) is 11.0. The molecule has 0 spiro atoms. The van der Waals surface area contributed by atoms with E-state index in [4.69, 9.17) is 4.74 Å². The van der Waals surface area contributed by atoms with E-state index in [2.05, 4.69) is 0 Å². The molecule has 3 aromatic carbocycles. The van der Waals surface area contributed by atoms with Crippen LogP contribution in [-0.2, 0) is 20.9 Å². The van der Waals surface area contributed by atoms with E-state index in [1.54, 1.807) is 11.0 Å². The highest BCUT2D eigenvalue weighted by Gasteiger charge is 2.34. The summed E-state index contributed by atoms with van der Waals surface area (Å²) < 4.78 is 5.44. The molecule has 0 aromatic heterocycles. The van der Waals surface area contributed by atoms with Gasteiger partial charge in [0.25, 0.3) is 5.91 Å². The Labute approximate surface area is 194 Å². The number of hydrogen-bond acceptors (Lipinski definition) is 3. The number of para-hydroxylation sites is 1. The van der Waals surface area contributed by atoms with Gasteiger partial charge in [0.05, 0.1) is 17.8 Å². The Morgan fingerprint density at radius 3 is 2.12 bits per heavy atom. The lowest BCUT2D eigenvalue weighted by atomic mass is 9.95. The average Bonchev–Trinajstić information content (AvgIpc) is 3.06. The van der Waals surface area contributed by atoms with E-state index in [0.29, 0.717) is 17.7 Å². The first-order chi connectivity index (χ1) is 15.8. The summed E-state index contributed by atoms with van der Waals surface area (Å²) >= 11 is 0. The first kappa shape index (κ1) is 22.3. The molecule has 0 saturated carbocycles. The van der Waals surface area contributed by atoms with Crippen molar-refractivity contribution in [2.75, 3.05) is 4.90 Å². The maximum absolute atomic E-state index is 13.8. The van der Waals surface area contributed by atoms with Gasteiger partial charge in [0, 0.05) is 11.6 Å². The van der Waals surface area contributed by atoms with E-state index in [-0.39, 0.29) is 5.91 Å². The normalized spacial score (nSPS) is 15.0. The minimum absolute atomic E-state index is 0.0901. The highest BCUT2D eigenvalue weighted by Crippen LogP contribution is 2.41. The number of benzene rings is 3. The predicted molar refractivity (Wildman–Crippen MR) is 132 cm³/mol. The van der Waals surface area contributed by atoms with Gasteiger partial charge in [0.15, 0.2) is 0 Å². The molecule has 0 unspecified atom stereocenters. The summed E-state index contributed by atoms with van der Waals surface area (Å²) in [6, 6.07) is 27.4. The molecule has 1 amide bonds. The molecule has 0 aliphatic carbocycles. The van der Waals surface area contributed by atoms with Gasteiger partial charge in [0.1, 0.15) is 5.60 Å². The molecule has 0 radical (unpaired) electrons. The highest BCUT2D eigenvalue weighted by atomic mass is 16.6. The van der Waals surface area contributed by atoms with Gasteiger partial charge in [-0.15, -0.1) is 0 Å². The number of allylic oxidation sites excluding steroid dienone is 2. The second-order valence-electron chi connectivity index (χ2n) is 8.92. The van der Waals surface area contributed by atoms with Crippen LogP contribution in [0.1, 0.15) is 37.5 Å². The Balaban J connectivity index is 1.82. The minimum atomic E-state index is -0.594. The van der Waals surface area contributed by atoms with Gasteiger partial charge >= 0.3 is 5.97 Å². The first-order valence-electron chi connectivity index (χ1n) is 11.0. The van der Waals surface area contributed by atoms with Crippen molar-refractivity contribution in [1.82, 2.24) is 0 Å². The summed E-state index contributed by atoms with van der Waals surface area (Å²) in [5.74, 6) is -0.538. The molecule has 1 aliphatic heterocycles. The molecule has 1 heterocycles. The second-order valence-corrected chi connectivity index (χ2v) is 8.92. The summed E-state index contributed by atoms with van der Waals surface area (Å²) in [7, 11) is 0. The number of hydrogen-bond donors (Lipinski definition) is 0. The van der Waals surface area contributed by atoms with Gasteiger partial charge in [-0.1, -0.05) is 78.9 Å². The lowest BCUT2D eigenvalue weighted by molar-refractivity contribution is -0.148. The van der Waals surface area contributed by atoms with Crippen LogP contribution in [0.4, 0.5) is 5.69 Å². The van der Waals surface area contributed by atoms with E-state index in [1.807, 2.05) is 106 Å². The number of carbonyl (C=O) groups is 2. The molecule has 0 saturated heterocycles. The monoisotopic (exact) mass is 437 g/mol. The smallest absolute Gasteiger partial charge is 0.331 e. The number of esters is 1. The standard InChI is InChI=1S/C29H27NO3/c1-29(2,3)33-26(31)19-18-23(22-14-8-5-9-15-22)27-24-16-10-11-17-25(24)30(28(27)32)20-21-12-6-4-7-13-21/h4-19H,20H2,1-3H3/b19-18+,27-23-. The lowest BCUT2D eigenvalue weighted by Gasteiger charge is -2.18. The van der Waals surface area contributed by atoms with E-state index in [1.165, 1.54) is 6.08 Å². The zero-order chi connectivity index (χ0) is 23.4. The molecule has 4 heteroatoms. The highest BCUT2D eigenvalue weighted by molar-refractivity contribution is 6.38. The van der Waals surface area contributed by atoms with Crippen LogP contribution in [0.15, 0.2) is 97.1 Å². The second kappa shape index (κ2) is 9.29. The average molecular weight is 438 g/mol. The zero-order valence-corrected chi connectivity index (χ0v) is 19.1. The summed E-state index contributed by atoms with van der Waals surface area (Å²) in [6.45, 7) is 5.95. The number of anilines is 1. The van der Waals surface area contributed by atoms with Gasteiger partial charge in [-0.2, -0.15) is 0 Å². The van der Waals surface area contributed by atoms with Crippen molar-refractivity contribution < 1.29 is 14.3 Å². The molecule has 0 N–H and O–H groups in total. The molecule has 1 aliphatic rings. The van der Waals surface area contributed by atoms with E-state index in [0.717, 1.165) is 22.4 Å². The molecule has 3 aromatic rings. The molecule has 0 atom stereocenters. The van der Waals surface area contributed by atoms with Crippen molar-refractivity contribution in [3.05, 3.63) is 114 Å². The predicted octanol–water partition coefficient (Wildman–Crippen LogP) is 6.04. The van der Waals surface area contributed by atoms with Gasteiger partial charge in [-0.3, -0.25) is 4.79 Å². The lowest BCUT2D eigenvalue weighted by Crippen LogP contribution is -2.26. The van der Waals surface area contributed by atoms with Crippen molar-refractivity contribution in [3.63, 3.8) is 0 Å². The SMILES string of the molecule is CC(C)(C)OC(=O)/C=C/C(=C1/C(=O)N(Cc2ccccc2)c2ccccc21)c1ccccc1. The van der Waals surface area contributed by atoms with E-state index >= 15 is 0 Å². The van der Waals surface area contributed by atoms with Crippen LogP contribution in [0, 0.1) is 0 Å². The third-order valence-corrected chi connectivity index (χ3v) is 5.25. The summed E-state index contributed by atoms with van der Waals surface area (Å²) in [6.07, 6.45) is 3.09. The summed E-state index contributed by atoms with van der Waals surface area (Å²) in [5.41, 5.74) is 4.29. The molecule has 166 valence electrons. The Hall–Kier alpha value is -3.92. The van der Waals surface area contributed by atoms with Crippen LogP contribution >= 0.6 is 0 Å². The number of amides is 1. The fourth-order valence-electron chi connectivity index (χ4n) is 3.89. The van der Waals surface area contributed by atoms with Crippen LogP contribution < -0.4 is 4.90 Å². The fraction of sp³-hybridized carbons (Fsp3) is 0.172. The van der Waals surface area contributed by atoms with Crippen molar-refractivity contribution in [2.45, 2.75) is 32.9 Å². The summed E-state index contributed by atoms with van der Waals surface area (Å²) in [5, 5.41) is 0. The maximum Gasteiger partial charge on any atom is 0.331 e. The molecule has 33 heavy (non-hydrogen) atoms. The maximum atomic E-state index is 13.8. The Morgan fingerprint density at radius 1 is 0.848 bits per heavy atom. The molecule has 4 nitrogen and oxygen atoms in total. The molecular weight excluding hydrogens is 410 g/mol. The van der Waals surface area contributed by atoms with Crippen LogP contribution in [-0.4, -0.2) is 17.5 Å². The third-order valence-electron chi connectivity index (χ3n) is 5.25. The molecule has 0 bridgehead atoms. The van der Waals surface area contributed by atoms with Crippen molar-refractivity contribution >= 4 is 28.7 Å². The van der Waals surface area contributed by atoms with Crippen molar-refractivity contribution in [1.29, 1.82) is 0 Å². The number of nitrogens with zero attached hydrogens (tertiary/aromatic N) is 1. The van der Waals surface area contributed by atoms with Crippen LogP contribution in [0.2, 0.25) is 0 Å². The van der Waals surface area contributed by atoms with Crippen LogP contribution in [0.5, 0.6) is 0 Å². The fourth-order valence-corrected chi connectivity index (χ4v) is 3.89. The number of carbonyl (C=O) groups excluding carboxylic acids is 2. The molecular formula is C29H27NO3. The molecule has 4 rings (SSSR count). The van der Waals surface area contributed by atoms with Crippen molar-refractivity contribution in [2.24, 2.45) is 0 Å². The number of rotatable bonds is 5. The zero-order valence-electron chi connectivity index (χ0n) is 19.1. The largest absolute Gasteiger partial charge is 0.457 e. The van der Waals surface area contributed by atoms with Crippen LogP contribution in [0.3, 0.4) is 0 Å². The van der Waals surface area contributed by atoms with E-state index in [9.17, 15) is 9.59 Å². The Bertz CT molecular complexity index is 1220. The Morgan fingerprint density at radius 2 is 1.45 bits per heavy atom. The number of fused-ring (bicyclic) bond motifs is 1. The summed E-state index contributed by atoms with van der Waals surface area (Å²) in [4.78, 5) is 28.0. The van der Waals surface area contributed by atoms with Gasteiger partial charge < -0.3 is 9.64 Å². The van der Waals surface area contributed by atoms with Gasteiger partial charge in [0.2, 0.25) is 0 Å². The topological polar surface area (TPSA) is 46.6 Å². The van der Waals surface area contributed by atoms with Gasteiger partial charge in [-0.05, 0) is 49.6 Å². The third kappa shape index (κ3) is 5.12. The Kier molecular flexibility index (Phi) is 6.27.